The van der Waals surface area contributed by atoms with Gasteiger partial charge in [-0.2, -0.15) is 18.3 Å². The summed E-state index contributed by atoms with van der Waals surface area (Å²) in [5.41, 5.74) is 4.06. The number of halogens is 3. The van der Waals surface area contributed by atoms with Crippen LogP contribution >= 0.6 is 0 Å². The normalized spacial score (nSPS) is 13.9. The third-order valence-electron chi connectivity index (χ3n) is 1.63. The van der Waals surface area contributed by atoms with E-state index < -0.39 is 23.9 Å². The number of carboxylic acids is 1. The Morgan fingerprint density at radius 2 is 2.27 bits per heavy atom. The van der Waals surface area contributed by atoms with E-state index in [1.54, 1.807) is 0 Å². The maximum atomic E-state index is 12.1. The highest BCUT2D eigenvalue weighted by Crippen LogP contribution is 2.27. The van der Waals surface area contributed by atoms with Gasteiger partial charge in [0.15, 0.2) is 5.69 Å². The van der Waals surface area contributed by atoms with E-state index in [-0.39, 0.29) is 6.54 Å². The van der Waals surface area contributed by atoms with Gasteiger partial charge in [-0.05, 0) is 6.07 Å². The summed E-state index contributed by atoms with van der Waals surface area (Å²) in [5.74, 6) is -1.29. The minimum atomic E-state index is -4.53. The van der Waals surface area contributed by atoms with Gasteiger partial charge in [-0.15, -0.1) is 0 Å². The summed E-state index contributed by atoms with van der Waals surface area (Å²) in [6.45, 7) is -0.300. The lowest BCUT2D eigenvalue weighted by atomic mass is 10.3. The molecule has 0 radical (unpaired) electrons. The SMILES string of the molecule is N[C@@H](Cn1ccc(C(F)(F)F)n1)C(=O)O. The Labute approximate surface area is 82.3 Å². The number of alkyl halides is 3. The summed E-state index contributed by atoms with van der Waals surface area (Å²) in [4.78, 5) is 10.3. The average Bonchev–Trinajstić information content (AvgIpc) is 2.51. The molecule has 1 rings (SSSR count). The fourth-order valence-electron chi connectivity index (χ4n) is 0.894. The molecule has 5 nitrogen and oxygen atoms in total. The van der Waals surface area contributed by atoms with Gasteiger partial charge >= 0.3 is 12.1 Å². The molecule has 0 unspecified atom stereocenters. The average molecular weight is 223 g/mol. The first-order valence-electron chi connectivity index (χ1n) is 3.89. The van der Waals surface area contributed by atoms with Gasteiger partial charge in [0.25, 0.3) is 0 Å². The van der Waals surface area contributed by atoms with Crippen LogP contribution in [0.15, 0.2) is 12.3 Å². The molecule has 8 heteroatoms. The van der Waals surface area contributed by atoms with Crippen molar-refractivity contribution in [2.45, 2.75) is 18.8 Å². The lowest BCUT2D eigenvalue weighted by Crippen LogP contribution is -2.34. The maximum Gasteiger partial charge on any atom is 0.435 e. The highest BCUT2D eigenvalue weighted by Gasteiger charge is 2.33. The van der Waals surface area contributed by atoms with Crippen LogP contribution in [-0.2, 0) is 17.5 Å². The van der Waals surface area contributed by atoms with Crippen molar-refractivity contribution in [2.75, 3.05) is 0 Å². The van der Waals surface area contributed by atoms with Crippen LogP contribution in [0.4, 0.5) is 13.2 Å². The molecule has 0 amide bonds. The molecular weight excluding hydrogens is 215 g/mol. The molecular formula is C7H8F3N3O2. The minimum absolute atomic E-state index is 0.300. The third-order valence-corrected chi connectivity index (χ3v) is 1.63. The van der Waals surface area contributed by atoms with Gasteiger partial charge in [0.1, 0.15) is 6.04 Å². The molecule has 3 N–H and O–H groups in total. The molecule has 0 bridgehead atoms. The molecule has 15 heavy (non-hydrogen) atoms. The Morgan fingerprint density at radius 3 is 2.67 bits per heavy atom. The van der Waals surface area contributed by atoms with Crippen LogP contribution in [0.3, 0.4) is 0 Å². The zero-order valence-electron chi connectivity index (χ0n) is 7.40. The molecule has 84 valence electrons. The molecule has 1 aromatic heterocycles. The molecule has 0 saturated heterocycles. The van der Waals surface area contributed by atoms with Crippen molar-refractivity contribution in [3.63, 3.8) is 0 Å². The largest absolute Gasteiger partial charge is 0.480 e. The van der Waals surface area contributed by atoms with Crippen LogP contribution in [0.25, 0.3) is 0 Å². The van der Waals surface area contributed by atoms with Crippen molar-refractivity contribution in [3.05, 3.63) is 18.0 Å². The molecule has 0 spiro atoms. The smallest absolute Gasteiger partial charge is 0.435 e. The molecule has 0 saturated carbocycles. The van der Waals surface area contributed by atoms with Crippen LogP contribution in [0.1, 0.15) is 5.69 Å². The van der Waals surface area contributed by atoms with Crippen molar-refractivity contribution >= 4 is 5.97 Å². The lowest BCUT2D eigenvalue weighted by Gasteiger charge is -2.06. The Balaban J connectivity index is 2.73. The summed E-state index contributed by atoms with van der Waals surface area (Å²) >= 11 is 0. The van der Waals surface area contributed by atoms with Gasteiger partial charge in [0.05, 0.1) is 6.54 Å². The summed E-state index contributed by atoms with van der Waals surface area (Å²) < 4.78 is 37.1. The molecule has 0 aliphatic heterocycles. The molecule has 1 heterocycles. The van der Waals surface area contributed by atoms with Gasteiger partial charge < -0.3 is 10.8 Å². The monoisotopic (exact) mass is 223 g/mol. The van der Waals surface area contributed by atoms with E-state index in [1.807, 2.05) is 0 Å². The highest BCUT2D eigenvalue weighted by atomic mass is 19.4. The Kier molecular flexibility index (Phi) is 2.98. The molecule has 0 aliphatic rings. The molecule has 0 fully saturated rings. The first-order chi connectivity index (χ1) is 6.80. The predicted octanol–water partition coefficient (Wildman–Crippen LogP) is 0.314. The fourth-order valence-corrected chi connectivity index (χ4v) is 0.894. The number of nitrogens with zero attached hydrogens (tertiary/aromatic N) is 2. The summed E-state index contributed by atoms with van der Waals surface area (Å²) in [6, 6.07) is -0.514. The number of nitrogens with two attached hydrogens (primary N) is 1. The number of carboxylic acid groups (broad SMARTS) is 1. The number of hydrogen-bond acceptors (Lipinski definition) is 3. The van der Waals surface area contributed by atoms with E-state index in [1.165, 1.54) is 0 Å². The zero-order chi connectivity index (χ0) is 11.6. The summed E-state index contributed by atoms with van der Waals surface area (Å²) in [5, 5.41) is 11.6. The number of hydrogen-bond donors (Lipinski definition) is 2. The predicted molar refractivity (Wildman–Crippen MR) is 42.8 cm³/mol. The van der Waals surface area contributed by atoms with E-state index in [2.05, 4.69) is 5.10 Å². The Hall–Kier alpha value is -1.57. The van der Waals surface area contributed by atoms with Gasteiger partial charge in [0, 0.05) is 6.20 Å². The highest BCUT2D eigenvalue weighted by molar-refractivity contribution is 5.72. The second-order valence-electron chi connectivity index (χ2n) is 2.87. The second kappa shape index (κ2) is 3.89. The van der Waals surface area contributed by atoms with Crippen LogP contribution in [-0.4, -0.2) is 26.9 Å². The van der Waals surface area contributed by atoms with Gasteiger partial charge in [0.2, 0.25) is 0 Å². The van der Waals surface area contributed by atoms with Crippen molar-refractivity contribution in [3.8, 4) is 0 Å². The molecule has 1 aromatic rings. The minimum Gasteiger partial charge on any atom is -0.480 e. The van der Waals surface area contributed by atoms with E-state index >= 15 is 0 Å². The standard InChI is InChI=1S/C7H8F3N3O2/c8-7(9,10)5-1-2-13(12-5)3-4(11)6(14)15/h1-2,4H,3,11H2,(H,14,15)/t4-/m0/s1. The van der Waals surface area contributed by atoms with Crippen molar-refractivity contribution in [2.24, 2.45) is 5.73 Å². The van der Waals surface area contributed by atoms with E-state index in [0.717, 1.165) is 16.9 Å². The van der Waals surface area contributed by atoms with E-state index in [4.69, 9.17) is 10.8 Å². The number of carbonyl (C=O) groups is 1. The summed E-state index contributed by atoms with van der Waals surface area (Å²) in [7, 11) is 0. The quantitative estimate of drug-likeness (QED) is 0.772. The van der Waals surface area contributed by atoms with Crippen LogP contribution < -0.4 is 5.73 Å². The van der Waals surface area contributed by atoms with Gasteiger partial charge in [-0.1, -0.05) is 0 Å². The third kappa shape index (κ3) is 2.94. The van der Waals surface area contributed by atoms with Gasteiger partial charge in [-0.25, -0.2) is 0 Å². The lowest BCUT2D eigenvalue weighted by molar-refractivity contribution is -0.141. The van der Waals surface area contributed by atoms with Crippen molar-refractivity contribution in [1.82, 2.24) is 9.78 Å². The first-order valence-corrected chi connectivity index (χ1v) is 3.89. The van der Waals surface area contributed by atoms with Crippen LogP contribution in [0.2, 0.25) is 0 Å². The Bertz CT molecular complexity index is 361. The van der Waals surface area contributed by atoms with Crippen molar-refractivity contribution in [1.29, 1.82) is 0 Å². The van der Waals surface area contributed by atoms with Gasteiger partial charge in [-0.3, -0.25) is 9.48 Å². The second-order valence-corrected chi connectivity index (χ2v) is 2.87. The zero-order valence-corrected chi connectivity index (χ0v) is 7.40. The van der Waals surface area contributed by atoms with Crippen LogP contribution in [0, 0.1) is 0 Å². The maximum absolute atomic E-state index is 12.1. The van der Waals surface area contributed by atoms with Crippen molar-refractivity contribution < 1.29 is 23.1 Å². The number of aliphatic carboxylic acids is 1. The summed E-state index contributed by atoms with van der Waals surface area (Å²) in [6.07, 6.45) is -3.50. The molecule has 0 aromatic carbocycles. The fraction of sp³-hybridized carbons (Fsp3) is 0.429. The van der Waals surface area contributed by atoms with E-state index in [9.17, 15) is 18.0 Å². The number of aromatic nitrogens is 2. The van der Waals surface area contributed by atoms with E-state index in [0.29, 0.717) is 0 Å². The topological polar surface area (TPSA) is 81.1 Å². The number of rotatable bonds is 3. The Morgan fingerprint density at radius 1 is 1.67 bits per heavy atom. The molecule has 1 atom stereocenters. The first kappa shape index (κ1) is 11.5. The van der Waals surface area contributed by atoms with Crippen LogP contribution in [0.5, 0.6) is 0 Å². The molecule has 0 aliphatic carbocycles.